The fraction of sp³-hybridized carbons (Fsp3) is 0.433. The summed E-state index contributed by atoms with van der Waals surface area (Å²) >= 11 is 1.40. The Morgan fingerprint density at radius 2 is 2.00 bits per heavy atom. The Labute approximate surface area is 256 Å². The number of methoxy groups -OCH3 is 1. The van der Waals surface area contributed by atoms with Gasteiger partial charge in [-0.25, -0.2) is 13.2 Å². The van der Waals surface area contributed by atoms with Crippen molar-refractivity contribution in [3.63, 3.8) is 0 Å². The molecule has 2 N–H and O–H groups in total. The van der Waals surface area contributed by atoms with E-state index in [0.29, 0.717) is 5.75 Å². The van der Waals surface area contributed by atoms with Crippen molar-refractivity contribution in [3.05, 3.63) is 76.7 Å². The number of aromatic nitrogens is 1. The van der Waals surface area contributed by atoms with E-state index in [2.05, 4.69) is 10.3 Å². The molecule has 4 atom stereocenters. The number of amides is 2. The summed E-state index contributed by atoms with van der Waals surface area (Å²) in [5, 5.41) is 14.4. The molecule has 0 bridgehead atoms. The predicted octanol–water partition coefficient (Wildman–Crippen LogP) is 3.30. The number of benzene rings is 2. The van der Waals surface area contributed by atoms with Gasteiger partial charge in [0.1, 0.15) is 5.75 Å². The number of rotatable bonds is 15. The molecule has 0 aliphatic carbocycles. The van der Waals surface area contributed by atoms with Gasteiger partial charge in [0.15, 0.2) is 6.10 Å². The lowest BCUT2D eigenvalue weighted by Gasteiger charge is -2.31. The molecule has 0 saturated carbocycles. The summed E-state index contributed by atoms with van der Waals surface area (Å²) in [6, 6.07) is 14.6. The van der Waals surface area contributed by atoms with Crippen molar-refractivity contribution in [2.75, 3.05) is 26.7 Å². The van der Waals surface area contributed by atoms with Crippen LogP contribution in [0.5, 0.6) is 5.75 Å². The summed E-state index contributed by atoms with van der Waals surface area (Å²) in [5.41, 5.74) is 2.50. The van der Waals surface area contributed by atoms with Gasteiger partial charge in [-0.05, 0) is 30.0 Å². The fourth-order valence-electron chi connectivity index (χ4n) is 4.70. The van der Waals surface area contributed by atoms with Gasteiger partial charge in [0.25, 0.3) is 5.91 Å². The summed E-state index contributed by atoms with van der Waals surface area (Å²) in [7, 11) is -2.56. The monoisotopic (exact) mass is 630 g/mol. The molecule has 232 valence electrons. The van der Waals surface area contributed by atoms with Crippen LogP contribution in [0.1, 0.15) is 30.7 Å². The van der Waals surface area contributed by atoms with Gasteiger partial charge in [0.05, 0.1) is 42.8 Å². The number of thiazole rings is 1. The van der Waals surface area contributed by atoms with Gasteiger partial charge in [0, 0.05) is 30.2 Å². The van der Waals surface area contributed by atoms with Crippen molar-refractivity contribution in [1.82, 2.24) is 19.5 Å². The molecule has 1 aliphatic rings. The average molecular weight is 631 g/mol. The van der Waals surface area contributed by atoms with Crippen molar-refractivity contribution in [2.45, 2.75) is 56.4 Å². The third kappa shape index (κ3) is 8.53. The SMILES string of the molecule is CC[C@H](C)CN(C[C@@H](O)[C@H](Cc1ccccc1)NC(=O)[C@@H]1CN(Cc2cncs2)C(=O)O1)S(=O)(=O)c1cccc(OC)c1. The Morgan fingerprint density at radius 1 is 1.23 bits per heavy atom. The van der Waals surface area contributed by atoms with Gasteiger partial charge in [-0.15, -0.1) is 11.3 Å². The summed E-state index contributed by atoms with van der Waals surface area (Å²) in [5.74, 6) is -0.156. The van der Waals surface area contributed by atoms with Gasteiger partial charge in [0.2, 0.25) is 10.0 Å². The van der Waals surface area contributed by atoms with Crippen LogP contribution >= 0.6 is 11.3 Å². The van der Waals surface area contributed by atoms with Crippen molar-refractivity contribution < 1.29 is 32.6 Å². The number of ether oxygens (including phenoxy) is 2. The number of sulfonamides is 1. The largest absolute Gasteiger partial charge is 0.497 e. The maximum Gasteiger partial charge on any atom is 0.411 e. The van der Waals surface area contributed by atoms with Crippen LogP contribution < -0.4 is 10.1 Å². The number of carbonyl (C=O) groups is 2. The second-order valence-corrected chi connectivity index (χ2v) is 13.5. The summed E-state index contributed by atoms with van der Waals surface area (Å²) < 4.78 is 39.5. The molecular weight excluding hydrogens is 592 g/mol. The molecule has 0 unspecified atom stereocenters. The Bertz CT molecular complexity index is 1450. The highest BCUT2D eigenvalue weighted by molar-refractivity contribution is 7.89. The van der Waals surface area contributed by atoms with E-state index in [9.17, 15) is 23.1 Å². The van der Waals surface area contributed by atoms with Crippen LogP contribution in [0, 0.1) is 5.92 Å². The topological polar surface area (TPSA) is 138 Å². The quantitative estimate of drug-likeness (QED) is 0.261. The molecule has 2 amide bonds. The number of cyclic esters (lactones) is 1. The third-order valence-electron chi connectivity index (χ3n) is 7.38. The van der Waals surface area contributed by atoms with E-state index >= 15 is 0 Å². The fourth-order valence-corrected chi connectivity index (χ4v) is 6.93. The minimum absolute atomic E-state index is 0.0113. The lowest BCUT2D eigenvalue weighted by molar-refractivity contribution is -0.129. The maximum atomic E-state index is 13.8. The Balaban J connectivity index is 1.54. The first-order valence-electron chi connectivity index (χ1n) is 14.1. The second-order valence-electron chi connectivity index (χ2n) is 10.6. The first kappa shape index (κ1) is 32.4. The molecule has 0 radical (unpaired) electrons. The van der Waals surface area contributed by atoms with Crippen molar-refractivity contribution in [3.8, 4) is 5.75 Å². The zero-order chi connectivity index (χ0) is 31.0. The van der Waals surface area contributed by atoms with Crippen LogP contribution in [0.3, 0.4) is 0 Å². The van der Waals surface area contributed by atoms with Gasteiger partial charge < -0.3 is 19.9 Å². The van der Waals surface area contributed by atoms with E-state index in [4.69, 9.17) is 9.47 Å². The van der Waals surface area contributed by atoms with Crippen LogP contribution in [-0.4, -0.2) is 84.7 Å². The van der Waals surface area contributed by atoms with Crippen LogP contribution in [-0.2, 0) is 32.5 Å². The normalized spacial score (nSPS) is 17.4. The van der Waals surface area contributed by atoms with Gasteiger partial charge in [-0.2, -0.15) is 4.31 Å². The molecule has 4 rings (SSSR count). The van der Waals surface area contributed by atoms with Crippen LogP contribution in [0.25, 0.3) is 0 Å². The van der Waals surface area contributed by atoms with Gasteiger partial charge >= 0.3 is 6.09 Å². The Kier molecular flexibility index (Phi) is 11.1. The second kappa shape index (κ2) is 14.8. The molecule has 2 heterocycles. The van der Waals surface area contributed by atoms with Gasteiger partial charge in [-0.1, -0.05) is 56.7 Å². The lowest BCUT2D eigenvalue weighted by atomic mass is 10.0. The molecule has 43 heavy (non-hydrogen) atoms. The number of carbonyl (C=O) groups excluding carboxylic acids is 2. The highest BCUT2D eigenvalue weighted by atomic mass is 32.2. The number of nitrogens with one attached hydrogen (secondary N) is 1. The van der Waals surface area contributed by atoms with Crippen molar-refractivity contribution >= 4 is 33.4 Å². The Morgan fingerprint density at radius 3 is 2.67 bits per heavy atom. The minimum Gasteiger partial charge on any atom is -0.497 e. The van der Waals surface area contributed by atoms with E-state index in [0.717, 1.165) is 16.9 Å². The number of aliphatic hydroxyl groups is 1. The molecule has 1 aliphatic heterocycles. The van der Waals surface area contributed by atoms with E-state index < -0.39 is 40.3 Å². The number of nitrogens with zero attached hydrogens (tertiary/aromatic N) is 3. The van der Waals surface area contributed by atoms with Crippen LogP contribution in [0.2, 0.25) is 0 Å². The molecule has 3 aromatic rings. The molecule has 1 fully saturated rings. The summed E-state index contributed by atoms with van der Waals surface area (Å²) in [6.45, 7) is 4.14. The number of hydrogen-bond acceptors (Lipinski definition) is 9. The van der Waals surface area contributed by atoms with E-state index in [1.807, 2.05) is 44.2 Å². The summed E-state index contributed by atoms with van der Waals surface area (Å²) in [6.07, 6.45) is -0.355. The van der Waals surface area contributed by atoms with E-state index in [1.165, 1.54) is 39.8 Å². The van der Waals surface area contributed by atoms with Crippen LogP contribution in [0.4, 0.5) is 4.79 Å². The minimum atomic E-state index is -4.02. The third-order valence-corrected chi connectivity index (χ3v) is 9.97. The predicted molar refractivity (Wildman–Crippen MR) is 162 cm³/mol. The smallest absolute Gasteiger partial charge is 0.411 e. The lowest BCUT2D eigenvalue weighted by Crippen LogP contribution is -2.53. The molecule has 1 aromatic heterocycles. The van der Waals surface area contributed by atoms with Gasteiger partial charge in [-0.3, -0.25) is 14.7 Å². The maximum absolute atomic E-state index is 13.8. The van der Waals surface area contributed by atoms with Crippen molar-refractivity contribution in [1.29, 1.82) is 0 Å². The number of aliphatic hydroxyl groups excluding tert-OH is 1. The zero-order valence-corrected chi connectivity index (χ0v) is 26.1. The Hall–Kier alpha value is -3.52. The highest BCUT2D eigenvalue weighted by Crippen LogP contribution is 2.24. The first-order valence-corrected chi connectivity index (χ1v) is 16.4. The molecule has 2 aromatic carbocycles. The molecular formula is C30H38N4O7S2. The van der Waals surface area contributed by atoms with E-state index in [-0.39, 0.29) is 43.4 Å². The first-order chi connectivity index (χ1) is 20.6. The molecule has 0 spiro atoms. The average Bonchev–Trinajstić information content (AvgIpc) is 3.66. The molecule has 13 heteroatoms. The zero-order valence-electron chi connectivity index (χ0n) is 24.5. The summed E-state index contributed by atoms with van der Waals surface area (Å²) in [4.78, 5) is 32.2. The van der Waals surface area contributed by atoms with E-state index in [1.54, 1.807) is 23.8 Å². The standard InChI is InChI=1S/C30H38N4O7S2/c1-4-21(2)16-34(43(38,39)25-12-8-11-23(14-25)40-3)18-27(35)26(13-22-9-6-5-7-10-22)32-29(36)28-19-33(30(37)41-28)17-24-15-31-20-42-24/h5-12,14-15,20-21,26-28,35H,4,13,16-19H2,1-3H3,(H,32,36)/t21-,26-,27+,28-/m0/s1. The van der Waals surface area contributed by atoms with Crippen molar-refractivity contribution in [2.24, 2.45) is 5.92 Å². The number of hydrogen-bond donors (Lipinski definition) is 2. The molecule has 11 nitrogen and oxygen atoms in total. The van der Waals surface area contributed by atoms with Crippen LogP contribution in [0.15, 0.2) is 71.2 Å². The molecule has 1 saturated heterocycles. The highest BCUT2D eigenvalue weighted by Gasteiger charge is 2.38.